The summed E-state index contributed by atoms with van der Waals surface area (Å²) in [6.45, 7) is 2.03. The molecule has 7 heteroatoms. The number of anilines is 2. The maximum absolute atomic E-state index is 10.9. The molecule has 0 aliphatic rings. The summed E-state index contributed by atoms with van der Waals surface area (Å²) in [6, 6.07) is 7.09. The molecule has 1 unspecified atom stereocenters. The molecule has 0 aromatic carbocycles. The first-order valence-corrected chi connectivity index (χ1v) is 7.09. The van der Waals surface area contributed by atoms with Crippen LogP contribution in [0.3, 0.4) is 0 Å². The summed E-state index contributed by atoms with van der Waals surface area (Å²) in [4.78, 5) is 16.0. The van der Waals surface area contributed by atoms with Crippen LogP contribution in [0.4, 0.5) is 17.3 Å². The molecule has 0 amide bonds. The van der Waals surface area contributed by atoms with Crippen LogP contribution in [-0.2, 0) is 6.42 Å². The van der Waals surface area contributed by atoms with Crippen molar-refractivity contribution >= 4 is 28.7 Å². The zero-order valence-electron chi connectivity index (χ0n) is 11.3. The van der Waals surface area contributed by atoms with Crippen LogP contribution in [0.5, 0.6) is 0 Å². The molecule has 0 radical (unpaired) electrons. The second-order valence-corrected chi connectivity index (χ2v) is 5.46. The SMILES string of the molecule is CNc1cc([N+](=O)[O-])cc(NC(C)Cc2cccs2)n1. The van der Waals surface area contributed by atoms with Crippen molar-refractivity contribution in [3.63, 3.8) is 0 Å². The summed E-state index contributed by atoms with van der Waals surface area (Å²) in [7, 11) is 1.69. The van der Waals surface area contributed by atoms with Crippen molar-refractivity contribution < 1.29 is 4.92 Å². The Bertz CT molecular complexity index is 586. The van der Waals surface area contributed by atoms with Crippen molar-refractivity contribution in [2.75, 3.05) is 17.7 Å². The average Bonchev–Trinajstić information content (AvgIpc) is 2.90. The first-order valence-electron chi connectivity index (χ1n) is 6.21. The van der Waals surface area contributed by atoms with Gasteiger partial charge >= 0.3 is 0 Å². The fourth-order valence-electron chi connectivity index (χ4n) is 1.86. The molecule has 0 saturated heterocycles. The summed E-state index contributed by atoms with van der Waals surface area (Å²) in [5.74, 6) is 0.984. The van der Waals surface area contributed by atoms with E-state index in [4.69, 9.17) is 0 Å². The van der Waals surface area contributed by atoms with Gasteiger partial charge < -0.3 is 10.6 Å². The summed E-state index contributed by atoms with van der Waals surface area (Å²) >= 11 is 1.70. The highest BCUT2D eigenvalue weighted by Gasteiger charge is 2.12. The molecule has 20 heavy (non-hydrogen) atoms. The van der Waals surface area contributed by atoms with Gasteiger partial charge in [-0.15, -0.1) is 11.3 Å². The summed E-state index contributed by atoms with van der Waals surface area (Å²) in [5, 5.41) is 19.0. The van der Waals surface area contributed by atoms with E-state index in [1.165, 1.54) is 17.0 Å². The van der Waals surface area contributed by atoms with Crippen molar-refractivity contribution in [3.05, 3.63) is 44.6 Å². The topological polar surface area (TPSA) is 80.1 Å². The molecule has 2 aromatic rings. The van der Waals surface area contributed by atoms with Crippen molar-refractivity contribution in [2.45, 2.75) is 19.4 Å². The molecule has 106 valence electrons. The van der Waals surface area contributed by atoms with E-state index in [-0.39, 0.29) is 11.7 Å². The van der Waals surface area contributed by atoms with Crippen LogP contribution in [0.1, 0.15) is 11.8 Å². The van der Waals surface area contributed by atoms with Gasteiger partial charge in [0.2, 0.25) is 0 Å². The minimum Gasteiger partial charge on any atom is -0.373 e. The molecule has 0 bridgehead atoms. The normalized spacial score (nSPS) is 11.9. The molecule has 2 rings (SSSR count). The van der Waals surface area contributed by atoms with Gasteiger partial charge in [0.1, 0.15) is 11.6 Å². The predicted molar refractivity (Wildman–Crippen MR) is 81.5 cm³/mol. The van der Waals surface area contributed by atoms with Gasteiger partial charge in [0.05, 0.1) is 17.1 Å². The first-order chi connectivity index (χ1) is 9.58. The smallest absolute Gasteiger partial charge is 0.276 e. The third kappa shape index (κ3) is 3.67. The van der Waals surface area contributed by atoms with E-state index in [1.54, 1.807) is 18.4 Å². The van der Waals surface area contributed by atoms with Crippen LogP contribution < -0.4 is 10.6 Å². The van der Waals surface area contributed by atoms with E-state index < -0.39 is 4.92 Å². The van der Waals surface area contributed by atoms with Gasteiger partial charge in [-0.25, -0.2) is 4.98 Å². The van der Waals surface area contributed by atoms with E-state index in [0.29, 0.717) is 11.6 Å². The predicted octanol–water partition coefficient (Wildman–Crippen LogP) is 3.14. The molecule has 1 atom stereocenters. The Hall–Kier alpha value is -2.15. The molecule has 0 spiro atoms. The molecule has 0 aliphatic carbocycles. The van der Waals surface area contributed by atoms with Gasteiger partial charge in [-0.2, -0.15) is 0 Å². The molecule has 2 heterocycles. The number of hydrogen-bond acceptors (Lipinski definition) is 6. The van der Waals surface area contributed by atoms with E-state index >= 15 is 0 Å². The maximum atomic E-state index is 10.9. The average molecular weight is 292 g/mol. The number of hydrogen-bond donors (Lipinski definition) is 2. The molecule has 6 nitrogen and oxygen atoms in total. The van der Waals surface area contributed by atoms with E-state index in [1.807, 2.05) is 18.4 Å². The van der Waals surface area contributed by atoms with Crippen molar-refractivity contribution in [2.24, 2.45) is 0 Å². The van der Waals surface area contributed by atoms with Crippen molar-refractivity contribution in [3.8, 4) is 0 Å². The molecule has 0 saturated carbocycles. The van der Waals surface area contributed by atoms with Crippen LogP contribution >= 0.6 is 11.3 Å². The Balaban J connectivity index is 2.11. The van der Waals surface area contributed by atoms with E-state index in [2.05, 4.69) is 21.7 Å². The molecule has 2 aromatic heterocycles. The molecule has 2 N–H and O–H groups in total. The Labute approximate surface area is 121 Å². The highest BCUT2D eigenvalue weighted by molar-refractivity contribution is 7.09. The van der Waals surface area contributed by atoms with Crippen LogP contribution in [-0.4, -0.2) is 23.0 Å². The van der Waals surface area contributed by atoms with Crippen LogP contribution in [0, 0.1) is 10.1 Å². The Morgan fingerprint density at radius 3 is 2.80 bits per heavy atom. The number of aromatic nitrogens is 1. The minimum absolute atomic E-state index is 0.0233. The van der Waals surface area contributed by atoms with E-state index in [0.717, 1.165) is 6.42 Å². The zero-order chi connectivity index (χ0) is 14.5. The zero-order valence-corrected chi connectivity index (χ0v) is 12.1. The van der Waals surface area contributed by atoms with E-state index in [9.17, 15) is 10.1 Å². The summed E-state index contributed by atoms with van der Waals surface area (Å²) in [6.07, 6.45) is 0.858. The largest absolute Gasteiger partial charge is 0.373 e. The van der Waals surface area contributed by atoms with Crippen LogP contribution in [0.25, 0.3) is 0 Å². The third-order valence-electron chi connectivity index (χ3n) is 2.76. The first kappa shape index (κ1) is 14.3. The number of nitro groups is 1. The van der Waals surface area contributed by atoms with Gasteiger partial charge in [0.25, 0.3) is 5.69 Å². The maximum Gasteiger partial charge on any atom is 0.276 e. The molecule has 0 fully saturated rings. The van der Waals surface area contributed by atoms with Crippen molar-refractivity contribution in [1.29, 1.82) is 0 Å². The van der Waals surface area contributed by atoms with Gasteiger partial charge in [-0.05, 0) is 18.4 Å². The van der Waals surface area contributed by atoms with Crippen molar-refractivity contribution in [1.82, 2.24) is 4.98 Å². The lowest BCUT2D eigenvalue weighted by Crippen LogP contribution is -2.18. The fourth-order valence-corrected chi connectivity index (χ4v) is 2.69. The fraction of sp³-hybridized carbons (Fsp3) is 0.308. The summed E-state index contributed by atoms with van der Waals surface area (Å²) < 4.78 is 0. The van der Waals surface area contributed by atoms with Crippen LogP contribution in [0.15, 0.2) is 29.6 Å². The number of pyridine rings is 1. The lowest BCUT2D eigenvalue weighted by atomic mass is 10.2. The molecular formula is C13H16N4O2S. The molecule has 0 aliphatic heterocycles. The minimum atomic E-state index is -0.419. The Kier molecular flexibility index (Phi) is 4.52. The number of rotatable bonds is 6. The molecular weight excluding hydrogens is 276 g/mol. The highest BCUT2D eigenvalue weighted by atomic mass is 32.1. The van der Waals surface area contributed by atoms with Gasteiger partial charge in [0, 0.05) is 24.4 Å². The lowest BCUT2D eigenvalue weighted by molar-refractivity contribution is -0.384. The lowest BCUT2D eigenvalue weighted by Gasteiger charge is -2.14. The monoisotopic (exact) mass is 292 g/mol. The van der Waals surface area contributed by atoms with Gasteiger partial charge in [-0.3, -0.25) is 10.1 Å². The number of thiophene rings is 1. The second-order valence-electron chi connectivity index (χ2n) is 4.43. The second kappa shape index (κ2) is 6.33. The highest BCUT2D eigenvalue weighted by Crippen LogP contribution is 2.21. The number of nitrogens with zero attached hydrogens (tertiary/aromatic N) is 2. The third-order valence-corrected chi connectivity index (χ3v) is 3.66. The number of nitrogens with one attached hydrogen (secondary N) is 2. The Morgan fingerprint density at radius 2 is 2.20 bits per heavy atom. The standard InChI is InChI=1S/C13H16N4O2S/c1-9(6-11-4-3-5-20-11)15-13-8-10(17(18)19)7-12(14-2)16-13/h3-5,7-9H,6H2,1-2H3,(H2,14,15,16). The van der Waals surface area contributed by atoms with Gasteiger partial charge in [0.15, 0.2) is 0 Å². The van der Waals surface area contributed by atoms with Gasteiger partial charge in [-0.1, -0.05) is 6.07 Å². The quantitative estimate of drug-likeness (QED) is 0.631. The Morgan fingerprint density at radius 1 is 1.45 bits per heavy atom. The summed E-state index contributed by atoms with van der Waals surface area (Å²) in [5.41, 5.74) is 0.0233. The van der Waals surface area contributed by atoms with Crippen LogP contribution in [0.2, 0.25) is 0 Å².